The first-order valence-corrected chi connectivity index (χ1v) is 3.93. The van der Waals surface area contributed by atoms with Gasteiger partial charge in [0.25, 0.3) is 0 Å². The van der Waals surface area contributed by atoms with Gasteiger partial charge in [0.05, 0.1) is 6.10 Å². The Morgan fingerprint density at radius 2 is 1.90 bits per heavy atom. The predicted molar refractivity (Wildman–Crippen MR) is 36.2 cm³/mol. The zero-order chi connectivity index (χ0) is 6.97. The van der Waals surface area contributed by atoms with Crippen molar-refractivity contribution in [1.29, 1.82) is 0 Å². The lowest BCUT2D eigenvalue weighted by Crippen LogP contribution is -2.15. The van der Waals surface area contributed by atoms with Crippen molar-refractivity contribution >= 4 is 0 Å². The lowest BCUT2D eigenvalue weighted by atomic mass is 10.3. The van der Waals surface area contributed by atoms with Crippen LogP contribution in [0, 0.1) is 0 Å². The molecular weight excluding hydrogens is 130 g/mol. The van der Waals surface area contributed by atoms with Gasteiger partial charge in [0, 0.05) is 0 Å². The van der Waals surface area contributed by atoms with Gasteiger partial charge in [0.2, 0.25) is 0 Å². The van der Waals surface area contributed by atoms with E-state index in [0.717, 1.165) is 0 Å². The van der Waals surface area contributed by atoms with E-state index in [0.29, 0.717) is 6.10 Å². The van der Waals surface area contributed by atoms with Crippen LogP contribution in [0.15, 0.2) is 0 Å². The van der Waals surface area contributed by atoms with Crippen LogP contribution in [0.2, 0.25) is 0 Å². The summed E-state index contributed by atoms with van der Waals surface area (Å²) < 4.78 is 10.4. The average molecular weight is 143 g/mol. The van der Waals surface area contributed by atoms with Gasteiger partial charge in [0.15, 0.2) is 12.5 Å². The largest absolute Gasteiger partial charge is 0.345 e. The minimum absolute atomic E-state index is 0.0805. The molecule has 0 aromatic heterocycles. The maximum Gasteiger partial charge on any atom is 0.199 e. The Balaban J connectivity index is 1.70. The highest BCUT2D eigenvalue weighted by Crippen LogP contribution is 2.27. The quantitative estimate of drug-likeness (QED) is 0.575. The van der Waals surface area contributed by atoms with E-state index >= 15 is 0 Å². The molecule has 3 heteroatoms. The third-order valence-electron chi connectivity index (χ3n) is 2.11. The van der Waals surface area contributed by atoms with Gasteiger partial charge in [-0.1, -0.05) is 12.8 Å². The molecule has 0 aromatic rings. The number of nitrogens with two attached hydrogens (primary N) is 1. The topological polar surface area (TPSA) is 47.8 Å². The molecule has 0 spiro atoms. The molecular formula is C7H13NO2. The second-order valence-corrected chi connectivity index (χ2v) is 3.01. The van der Waals surface area contributed by atoms with E-state index in [1.165, 1.54) is 25.7 Å². The molecule has 2 aliphatic rings. The third kappa shape index (κ3) is 1.31. The number of hydrogen-bond donors (Lipinski definition) is 1. The number of ether oxygens (including phenoxy) is 2. The molecule has 1 saturated carbocycles. The molecule has 2 rings (SSSR count). The predicted octanol–water partition coefficient (Wildman–Crippen LogP) is 0.587. The highest BCUT2D eigenvalue weighted by atomic mass is 16.8. The maximum absolute atomic E-state index is 5.49. The molecule has 1 aliphatic heterocycles. The van der Waals surface area contributed by atoms with Crippen molar-refractivity contribution in [3.63, 3.8) is 0 Å². The molecule has 1 aliphatic carbocycles. The Bertz CT molecular complexity index is 123. The van der Waals surface area contributed by atoms with Crippen molar-refractivity contribution in [2.45, 2.75) is 44.3 Å². The summed E-state index contributed by atoms with van der Waals surface area (Å²) in [5.41, 5.74) is 5.40. The summed E-state index contributed by atoms with van der Waals surface area (Å²) in [6, 6.07) is 0. The minimum atomic E-state index is -0.138. The monoisotopic (exact) mass is 143 g/mol. The Labute approximate surface area is 60.5 Å². The Morgan fingerprint density at radius 3 is 2.40 bits per heavy atom. The summed E-state index contributed by atoms with van der Waals surface area (Å²) in [6.45, 7) is 0. The average Bonchev–Trinajstić information content (AvgIpc) is 2.48. The van der Waals surface area contributed by atoms with E-state index < -0.39 is 0 Å². The summed E-state index contributed by atoms with van der Waals surface area (Å²) >= 11 is 0. The molecule has 2 fully saturated rings. The standard InChI is InChI=1S/C7H13NO2/c8-6-7(10-6)9-5-3-1-2-4-5/h5-7H,1-4,8H2. The maximum atomic E-state index is 5.49. The Hall–Kier alpha value is -0.120. The number of rotatable bonds is 2. The lowest BCUT2D eigenvalue weighted by Gasteiger charge is -2.06. The number of hydrogen-bond acceptors (Lipinski definition) is 3. The summed E-state index contributed by atoms with van der Waals surface area (Å²) in [5, 5.41) is 0. The van der Waals surface area contributed by atoms with Crippen LogP contribution in [-0.4, -0.2) is 18.6 Å². The van der Waals surface area contributed by atoms with E-state index in [1.54, 1.807) is 0 Å². The molecule has 1 saturated heterocycles. The molecule has 2 atom stereocenters. The van der Waals surface area contributed by atoms with E-state index in [4.69, 9.17) is 15.2 Å². The SMILES string of the molecule is NC1OC1OC1CCCC1. The van der Waals surface area contributed by atoms with E-state index in [9.17, 15) is 0 Å². The van der Waals surface area contributed by atoms with Gasteiger partial charge in [-0.2, -0.15) is 0 Å². The first kappa shape index (κ1) is 6.58. The van der Waals surface area contributed by atoms with Crippen molar-refractivity contribution in [3.8, 4) is 0 Å². The van der Waals surface area contributed by atoms with Gasteiger partial charge in [-0.3, -0.25) is 0 Å². The smallest absolute Gasteiger partial charge is 0.199 e. The fourth-order valence-corrected chi connectivity index (χ4v) is 1.43. The normalized spacial score (nSPS) is 40.5. The molecule has 58 valence electrons. The summed E-state index contributed by atoms with van der Waals surface area (Å²) in [6.07, 6.45) is 5.18. The molecule has 0 aromatic carbocycles. The number of epoxide rings is 1. The van der Waals surface area contributed by atoms with E-state index in [2.05, 4.69) is 0 Å². The van der Waals surface area contributed by atoms with E-state index in [1.807, 2.05) is 0 Å². The molecule has 3 nitrogen and oxygen atoms in total. The summed E-state index contributed by atoms with van der Waals surface area (Å²) in [7, 11) is 0. The second-order valence-electron chi connectivity index (χ2n) is 3.01. The summed E-state index contributed by atoms with van der Waals surface area (Å²) in [4.78, 5) is 0. The fraction of sp³-hybridized carbons (Fsp3) is 1.00. The Kier molecular flexibility index (Phi) is 1.64. The van der Waals surface area contributed by atoms with Crippen molar-refractivity contribution < 1.29 is 9.47 Å². The van der Waals surface area contributed by atoms with Crippen LogP contribution in [0.4, 0.5) is 0 Å². The first-order valence-electron chi connectivity index (χ1n) is 3.93. The van der Waals surface area contributed by atoms with Crippen LogP contribution in [-0.2, 0) is 9.47 Å². The van der Waals surface area contributed by atoms with Crippen LogP contribution in [0.3, 0.4) is 0 Å². The van der Waals surface area contributed by atoms with Gasteiger partial charge in [-0.05, 0) is 12.8 Å². The molecule has 10 heavy (non-hydrogen) atoms. The van der Waals surface area contributed by atoms with Crippen molar-refractivity contribution in [1.82, 2.24) is 0 Å². The molecule has 1 heterocycles. The van der Waals surface area contributed by atoms with Crippen molar-refractivity contribution in [2.75, 3.05) is 0 Å². The van der Waals surface area contributed by atoms with Crippen LogP contribution in [0.5, 0.6) is 0 Å². The van der Waals surface area contributed by atoms with Gasteiger partial charge < -0.3 is 15.2 Å². The molecule has 2 N–H and O–H groups in total. The minimum Gasteiger partial charge on any atom is -0.345 e. The van der Waals surface area contributed by atoms with Gasteiger partial charge in [-0.15, -0.1) is 0 Å². The van der Waals surface area contributed by atoms with E-state index in [-0.39, 0.29) is 12.5 Å². The molecule has 0 bridgehead atoms. The van der Waals surface area contributed by atoms with Crippen LogP contribution >= 0.6 is 0 Å². The third-order valence-corrected chi connectivity index (χ3v) is 2.11. The van der Waals surface area contributed by atoms with Crippen LogP contribution in [0.1, 0.15) is 25.7 Å². The zero-order valence-electron chi connectivity index (χ0n) is 5.95. The van der Waals surface area contributed by atoms with Gasteiger partial charge in [-0.25, -0.2) is 0 Å². The first-order chi connectivity index (χ1) is 4.86. The highest BCUT2D eigenvalue weighted by molar-refractivity contribution is 4.74. The van der Waals surface area contributed by atoms with Crippen molar-refractivity contribution in [2.24, 2.45) is 5.73 Å². The summed E-state index contributed by atoms with van der Waals surface area (Å²) in [5.74, 6) is 0. The van der Waals surface area contributed by atoms with Gasteiger partial charge in [0.1, 0.15) is 0 Å². The fourth-order valence-electron chi connectivity index (χ4n) is 1.43. The molecule has 2 unspecified atom stereocenters. The zero-order valence-corrected chi connectivity index (χ0v) is 5.95. The highest BCUT2D eigenvalue weighted by Gasteiger charge is 2.38. The van der Waals surface area contributed by atoms with Crippen LogP contribution in [0.25, 0.3) is 0 Å². The van der Waals surface area contributed by atoms with Crippen LogP contribution < -0.4 is 5.73 Å². The molecule has 0 radical (unpaired) electrons. The van der Waals surface area contributed by atoms with Crippen molar-refractivity contribution in [3.05, 3.63) is 0 Å². The van der Waals surface area contributed by atoms with Gasteiger partial charge >= 0.3 is 0 Å². The molecule has 0 amide bonds. The Morgan fingerprint density at radius 1 is 1.30 bits per heavy atom. The second kappa shape index (κ2) is 2.49. The lowest BCUT2D eigenvalue weighted by molar-refractivity contribution is -0.00707.